The van der Waals surface area contributed by atoms with Crippen LogP contribution in [-0.4, -0.2) is 46.4 Å². The van der Waals surface area contributed by atoms with Crippen LogP contribution < -0.4 is 10.2 Å². The first kappa shape index (κ1) is 23.0. The van der Waals surface area contributed by atoms with Gasteiger partial charge in [0, 0.05) is 36.9 Å². The Morgan fingerprint density at radius 2 is 1.91 bits per heavy atom. The summed E-state index contributed by atoms with van der Waals surface area (Å²) in [6, 6.07) is 6.55. The van der Waals surface area contributed by atoms with Gasteiger partial charge in [-0.25, -0.2) is 15.0 Å². The van der Waals surface area contributed by atoms with Crippen LogP contribution in [0.4, 0.5) is 30.5 Å². The number of aromatic nitrogens is 3. The summed E-state index contributed by atoms with van der Waals surface area (Å²) in [5.74, 6) is 0.0861. The zero-order chi connectivity index (χ0) is 23.9. The molecule has 2 fully saturated rings. The molecule has 34 heavy (non-hydrogen) atoms. The number of thiazole rings is 1. The highest BCUT2D eigenvalue weighted by molar-refractivity contribution is 7.15. The average molecular weight is 492 g/mol. The molecule has 2 N–H and O–H groups in total. The van der Waals surface area contributed by atoms with E-state index < -0.39 is 17.5 Å². The number of hydrogen-bond acceptors (Lipinski definition) is 8. The fourth-order valence-electron chi connectivity index (χ4n) is 4.00. The number of benzene rings is 1. The molecule has 11 heteroatoms. The van der Waals surface area contributed by atoms with Crippen molar-refractivity contribution in [1.82, 2.24) is 15.0 Å². The number of nitrogens with zero attached hydrogens (tertiary/aromatic N) is 4. The summed E-state index contributed by atoms with van der Waals surface area (Å²) in [5, 5.41) is 14.5. The van der Waals surface area contributed by atoms with E-state index >= 15 is 0 Å². The van der Waals surface area contributed by atoms with Gasteiger partial charge in [0.05, 0.1) is 18.1 Å². The Kier molecular flexibility index (Phi) is 5.95. The first-order valence-corrected chi connectivity index (χ1v) is 11.9. The lowest BCUT2D eigenvalue weighted by Gasteiger charge is -2.29. The fraction of sp³-hybridized carbons (Fsp3) is 0.435. The minimum Gasteiger partial charge on any atom is -0.383 e. The minimum absolute atomic E-state index is 0.137. The Bertz CT molecular complexity index is 1170. The number of aliphatic hydroxyl groups is 1. The molecule has 0 spiro atoms. The van der Waals surface area contributed by atoms with Gasteiger partial charge < -0.3 is 20.1 Å². The van der Waals surface area contributed by atoms with E-state index in [9.17, 15) is 18.3 Å². The van der Waals surface area contributed by atoms with E-state index in [1.807, 2.05) is 18.2 Å². The van der Waals surface area contributed by atoms with Crippen molar-refractivity contribution in [2.45, 2.75) is 31.5 Å². The van der Waals surface area contributed by atoms with Gasteiger partial charge in [-0.05, 0) is 55.5 Å². The van der Waals surface area contributed by atoms with Crippen molar-refractivity contribution in [3.05, 3.63) is 47.4 Å². The van der Waals surface area contributed by atoms with Crippen LogP contribution in [0.2, 0.25) is 0 Å². The summed E-state index contributed by atoms with van der Waals surface area (Å²) in [6.07, 6.45) is 0.233. The molecule has 0 bridgehead atoms. The van der Waals surface area contributed by atoms with Crippen LogP contribution in [0.25, 0.3) is 10.4 Å². The maximum absolute atomic E-state index is 13.1. The lowest BCUT2D eigenvalue weighted by Crippen LogP contribution is -2.36. The molecule has 5 rings (SSSR count). The molecule has 3 aromatic rings. The van der Waals surface area contributed by atoms with E-state index in [-0.39, 0.29) is 11.9 Å². The molecular weight excluding hydrogens is 467 g/mol. The molecule has 7 nitrogen and oxygen atoms in total. The van der Waals surface area contributed by atoms with Gasteiger partial charge in [-0.1, -0.05) is 0 Å². The van der Waals surface area contributed by atoms with E-state index in [1.165, 1.54) is 11.3 Å². The molecule has 3 heterocycles. The molecule has 1 unspecified atom stereocenters. The minimum atomic E-state index is -4.56. The van der Waals surface area contributed by atoms with Gasteiger partial charge >= 0.3 is 6.18 Å². The van der Waals surface area contributed by atoms with Gasteiger partial charge in [-0.15, -0.1) is 11.3 Å². The van der Waals surface area contributed by atoms with Crippen LogP contribution in [-0.2, 0) is 16.5 Å². The molecule has 1 saturated carbocycles. The lowest BCUT2D eigenvalue weighted by atomic mass is 10.0. The highest BCUT2D eigenvalue weighted by Crippen LogP contribution is 2.47. The standard InChI is InChI=1S/C23H24F3N5O2S/c1-22(32,15-2-3-15)20-28-13-18(34-20)14-10-16(12-17(11-14)31-6-8-33-9-7-31)29-21-27-5-4-19(30-21)23(24,25)26/h4-5,10-13,15,32H,2-3,6-9H2,1H3,(H,27,29,30). The van der Waals surface area contributed by atoms with Gasteiger partial charge in [0.1, 0.15) is 16.3 Å². The number of morpholine rings is 1. The molecule has 180 valence electrons. The Hall–Kier alpha value is -2.76. The predicted molar refractivity (Wildman–Crippen MR) is 123 cm³/mol. The molecule has 2 aromatic heterocycles. The zero-order valence-electron chi connectivity index (χ0n) is 18.5. The molecule has 1 atom stereocenters. The normalized spacial score (nSPS) is 18.6. The maximum Gasteiger partial charge on any atom is 0.433 e. The van der Waals surface area contributed by atoms with Crippen LogP contribution >= 0.6 is 11.3 Å². The number of rotatable bonds is 6. The third-order valence-electron chi connectivity index (χ3n) is 6.09. The van der Waals surface area contributed by atoms with Gasteiger partial charge in [-0.3, -0.25) is 0 Å². The highest BCUT2D eigenvalue weighted by Gasteiger charge is 2.43. The fourth-order valence-corrected chi connectivity index (χ4v) is 5.03. The summed E-state index contributed by atoms with van der Waals surface area (Å²) in [7, 11) is 0. The number of halogens is 3. The third kappa shape index (κ3) is 4.86. The molecule has 1 aliphatic heterocycles. The summed E-state index contributed by atoms with van der Waals surface area (Å²) in [6.45, 7) is 4.40. The average Bonchev–Trinajstić information content (AvgIpc) is 3.56. The van der Waals surface area contributed by atoms with Crippen molar-refractivity contribution in [3.8, 4) is 10.4 Å². The van der Waals surface area contributed by atoms with Crippen molar-refractivity contribution in [3.63, 3.8) is 0 Å². The number of hydrogen-bond donors (Lipinski definition) is 2. The summed E-state index contributed by atoms with van der Waals surface area (Å²) in [5.41, 5.74) is 0.330. The van der Waals surface area contributed by atoms with Crippen LogP contribution in [0.15, 0.2) is 36.7 Å². The largest absolute Gasteiger partial charge is 0.433 e. The number of nitrogens with one attached hydrogen (secondary N) is 1. The van der Waals surface area contributed by atoms with Gasteiger partial charge in [0.2, 0.25) is 5.95 Å². The second-order valence-electron chi connectivity index (χ2n) is 8.71. The Balaban J connectivity index is 1.50. The first-order valence-electron chi connectivity index (χ1n) is 11.0. The smallest absolute Gasteiger partial charge is 0.383 e. The molecule has 2 aliphatic rings. The van der Waals surface area contributed by atoms with E-state index in [0.29, 0.717) is 37.0 Å². The maximum atomic E-state index is 13.1. The van der Waals surface area contributed by atoms with Crippen molar-refractivity contribution >= 4 is 28.7 Å². The lowest BCUT2D eigenvalue weighted by molar-refractivity contribution is -0.141. The zero-order valence-corrected chi connectivity index (χ0v) is 19.3. The van der Waals surface area contributed by atoms with E-state index in [0.717, 1.165) is 41.2 Å². The quantitative estimate of drug-likeness (QED) is 0.512. The van der Waals surface area contributed by atoms with Gasteiger partial charge in [0.25, 0.3) is 0 Å². The van der Waals surface area contributed by atoms with Crippen molar-refractivity contribution in [2.75, 3.05) is 36.5 Å². The summed E-state index contributed by atoms with van der Waals surface area (Å²) in [4.78, 5) is 15.1. The molecule has 1 saturated heterocycles. The Morgan fingerprint density at radius 3 is 2.62 bits per heavy atom. The number of ether oxygens (including phenoxy) is 1. The second kappa shape index (κ2) is 8.79. The number of alkyl halides is 3. The highest BCUT2D eigenvalue weighted by atomic mass is 32.1. The molecule has 0 amide bonds. The predicted octanol–water partition coefficient (Wildman–Crippen LogP) is 4.82. The molecular formula is C23H24F3N5O2S. The SMILES string of the molecule is CC(O)(c1ncc(-c2cc(Nc3nccc(C(F)(F)F)n3)cc(N3CCOCC3)c2)s1)C1CC1. The molecule has 1 aliphatic carbocycles. The van der Waals surface area contributed by atoms with Crippen molar-refractivity contribution < 1.29 is 23.0 Å². The van der Waals surface area contributed by atoms with Crippen molar-refractivity contribution in [1.29, 1.82) is 0 Å². The van der Waals surface area contributed by atoms with E-state index in [4.69, 9.17) is 4.74 Å². The number of anilines is 3. The van der Waals surface area contributed by atoms with Crippen LogP contribution in [0.3, 0.4) is 0 Å². The van der Waals surface area contributed by atoms with Crippen LogP contribution in [0.1, 0.15) is 30.5 Å². The molecule has 0 radical (unpaired) electrons. The molecule has 1 aromatic carbocycles. The van der Waals surface area contributed by atoms with E-state index in [1.54, 1.807) is 13.1 Å². The summed E-state index contributed by atoms with van der Waals surface area (Å²) >= 11 is 1.43. The van der Waals surface area contributed by atoms with Crippen molar-refractivity contribution in [2.24, 2.45) is 5.92 Å². The monoisotopic (exact) mass is 491 g/mol. The van der Waals surface area contributed by atoms with E-state index in [2.05, 4.69) is 25.2 Å². The van der Waals surface area contributed by atoms with Crippen LogP contribution in [0, 0.1) is 5.92 Å². The topological polar surface area (TPSA) is 83.4 Å². The summed E-state index contributed by atoms with van der Waals surface area (Å²) < 4.78 is 44.7. The van der Waals surface area contributed by atoms with Gasteiger partial charge in [0.15, 0.2) is 0 Å². The Morgan fingerprint density at radius 1 is 1.15 bits per heavy atom. The van der Waals surface area contributed by atoms with Gasteiger partial charge in [-0.2, -0.15) is 13.2 Å². The third-order valence-corrected chi connectivity index (χ3v) is 7.36. The van der Waals surface area contributed by atoms with Crippen LogP contribution in [0.5, 0.6) is 0 Å². The second-order valence-corrected chi connectivity index (χ2v) is 9.74. The Labute approximate surface area is 198 Å². The first-order chi connectivity index (χ1) is 16.2.